The van der Waals surface area contributed by atoms with Crippen LogP contribution in [0.4, 0.5) is 0 Å². The molecule has 4 heteroatoms. The van der Waals surface area contributed by atoms with Crippen molar-refractivity contribution in [3.05, 3.63) is 28.2 Å². The standard InChI is InChI=1S/C13H19BrN2O/c1-17-13-4-2-3-12(14)11(13)5-8-16-9-6-15-7-10-16/h2-4,15H,5-10H2,1H3. The SMILES string of the molecule is COc1cccc(Br)c1CCN1CCNCC1. The highest BCUT2D eigenvalue weighted by Crippen LogP contribution is 2.27. The maximum absolute atomic E-state index is 5.41. The Morgan fingerprint density at radius 1 is 1.35 bits per heavy atom. The Morgan fingerprint density at radius 2 is 2.12 bits per heavy atom. The van der Waals surface area contributed by atoms with Gasteiger partial charge in [-0.2, -0.15) is 0 Å². The van der Waals surface area contributed by atoms with E-state index in [-0.39, 0.29) is 0 Å². The number of nitrogens with one attached hydrogen (secondary N) is 1. The van der Waals surface area contributed by atoms with Gasteiger partial charge in [0.15, 0.2) is 0 Å². The summed E-state index contributed by atoms with van der Waals surface area (Å²) in [6.45, 7) is 5.60. The monoisotopic (exact) mass is 298 g/mol. The Kier molecular flexibility index (Phi) is 4.83. The molecule has 1 aromatic rings. The van der Waals surface area contributed by atoms with E-state index in [9.17, 15) is 0 Å². The van der Waals surface area contributed by atoms with Crippen LogP contribution in [-0.2, 0) is 6.42 Å². The van der Waals surface area contributed by atoms with Gasteiger partial charge in [0.2, 0.25) is 0 Å². The molecule has 1 N–H and O–H groups in total. The fourth-order valence-corrected chi connectivity index (χ4v) is 2.72. The van der Waals surface area contributed by atoms with Crippen LogP contribution in [0, 0.1) is 0 Å². The topological polar surface area (TPSA) is 24.5 Å². The van der Waals surface area contributed by atoms with Gasteiger partial charge in [-0.05, 0) is 18.6 Å². The van der Waals surface area contributed by atoms with Crippen molar-refractivity contribution in [3.63, 3.8) is 0 Å². The number of methoxy groups -OCH3 is 1. The zero-order valence-corrected chi connectivity index (χ0v) is 11.8. The third kappa shape index (κ3) is 3.44. The number of hydrogen-bond donors (Lipinski definition) is 1. The summed E-state index contributed by atoms with van der Waals surface area (Å²) in [7, 11) is 1.73. The largest absolute Gasteiger partial charge is 0.496 e. The van der Waals surface area contributed by atoms with Gasteiger partial charge in [0.05, 0.1) is 7.11 Å². The third-order valence-electron chi connectivity index (χ3n) is 3.18. The molecule has 1 aliphatic heterocycles. The quantitative estimate of drug-likeness (QED) is 0.919. The molecule has 0 radical (unpaired) electrons. The number of ether oxygens (including phenoxy) is 1. The first-order valence-electron chi connectivity index (χ1n) is 6.05. The van der Waals surface area contributed by atoms with Gasteiger partial charge in [0, 0.05) is 42.8 Å². The lowest BCUT2D eigenvalue weighted by Crippen LogP contribution is -2.44. The van der Waals surface area contributed by atoms with Crippen molar-refractivity contribution in [2.45, 2.75) is 6.42 Å². The first-order valence-corrected chi connectivity index (χ1v) is 6.85. The molecule has 0 aliphatic carbocycles. The van der Waals surface area contributed by atoms with Gasteiger partial charge in [-0.15, -0.1) is 0 Å². The molecule has 0 atom stereocenters. The molecule has 1 aliphatic rings. The minimum Gasteiger partial charge on any atom is -0.496 e. The second-order valence-electron chi connectivity index (χ2n) is 4.26. The van der Waals surface area contributed by atoms with Crippen LogP contribution in [0.5, 0.6) is 5.75 Å². The summed E-state index contributed by atoms with van der Waals surface area (Å²) in [5.41, 5.74) is 1.27. The average Bonchev–Trinajstić information content (AvgIpc) is 2.38. The Morgan fingerprint density at radius 3 is 2.82 bits per heavy atom. The maximum atomic E-state index is 5.41. The van der Waals surface area contributed by atoms with Gasteiger partial charge in [-0.25, -0.2) is 0 Å². The summed E-state index contributed by atoms with van der Waals surface area (Å²) in [6, 6.07) is 6.12. The molecule has 0 saturated carbocycles. The van der Waals surface area contributed by atoms with Crippen LogP contribution in [0.2, 0.25) is 0 Å². The molecule has 1 fully saturated rings. The van der Waals surface area contributed by atoms with Crippen molar-refractivity contribution in [3.8, 4) is 5.75 Å². The van der Waals surface area contributed by atoms with Crippen molar-refractivity contribution in [1.29, 1.82) is 0 Å². The molecular weight excluding hydrogens is 280 g/mol. The van der Waals surface area contributed by atoms with E-state index in [1.165, 1.54) is 5.56 Å². The molecule has 0 amide bonds. The summed E-state index contributed by atoms with van der Waals surface area (Å²) >= 11 is 3.60. The minimum absolute atomic E-state index is 0.981. The van der Waals surface area contributed by atoms with E-state index in [0.717, 1.165) is 49.4 Å². The number of piperazine rings is 1. The fraction of sp³-hybridized carbons (Fsp3) is 0.538. The van der Waals surface area contributed by atoms with Crippen LogP contribution in [0.1, 0.15) is 5.56 Å². The Labute approximate surface area is 111 Å². The highest BCUT2D eigenvalue weighted by molar-refractivity contribution is 9.10. The van der Waals surface area contributed by atoms with Gasteiger partial charge in [-0.1, -0.05) is 22.0 Å². The van der Waals surface area contributed by atoms with E-state index in [2.05, 4.69) is 32.2 Å². The number of rotatable bonds is 4. The fourth-order valence-electron chi connectivity index (χ4n) is 2.18. The van der Waals surface area contributed by atoms with Crippen LogP contribution in [0.15, 0.2) is 22.7 Å². The van der Waals surface area contributed by atoms with Crippen molar-refractivity contribution < 1.29 is 4.74 Å². The molecule has 94 valence electrons. The molecular formula is C13H19BrN2O. The van der Waals surface area contributed by atoms with Crippen molar-refractivity contribution in [2.24, 2.45) is 0 Å². The third-order valence-corrected chi connectivity index (χ3v) is 3.93. The Bertz CT molecular complexity index is 364. The molecule has 0 unspecified atom stereocenters. The van der Waals surface area contributed by atoms with E-state index in [4.69, 9.17) is 4.74 Å². The predicted octanol–water partition coefficient (Wildman–Crippen LogP) is 1.91. The molecule has 0 aromatic heterocycles. The first-order chi connectivity index (χ1) is 8.31. The number of hydrogen-bond acceptors (Lipinski definition) is 3. The highest BCUT2D eigenvalue weighted by atomic mass is 79.9. The van der Waals surface area contributed by atoms with Crippen LogP contribution < -0.4 is 10.1 Å². The molecule has 2 rings (SSSR count). The molecule has 1 saturated heterocycles. The number of nitrogens with zero attached hydrogens (tertiary/aromatic N) is 1. The summed E-state index contributed by atoms with van der Waals surface area (Å²) in [5.74, 6) is 0.981. The van der Waals surface area contributed by atoms with E-state index >= 15 is 0 Å². The van der Waals surface area contributed by atoms with E-state index in [1.807, 2.05) is 12.1 Å². The van der Waals surface area contributed by atoms with Crippen LogP contribution in [-0.4, -0.2) is 44.7 Å². The maximum Gasteiger partial charge on any atom is 0.123 e. The summed E-state index contributed by atoms with van der Waals surface area (Å²) < 4.78 is 6.55. The van der Waals surface area contributed by atoms with E-state index in [0.29, 0.717) is 0 Å². The predicted molar refractivity (Wildman–Crippen MR) is 73.7 cm³/mol. The normalized spacial score (nSPS) is 17.1. The van der Waals surface area contributed by atoms with Gasteiger partial charge >= 0.3 is 0 Å². The highest BCUT2D eigenvalue weighted by Gasteiger charge is 2.12. The molecule has 0 bridgehead atoms. The molecule has 1 heterocycles. The zero-order valence-electron chi connectivity index (χ0n) is 10.2. The van der Waals surface area contributed by atoms with E-state index in [1.54, 1.807) is 7.11 Å². The Hall–Kier alpha value is -0.580. The van der Waals surface area contributed by atoms with E-state index < -0.39 is 0 Å². The smallest absolute Gasteiger partial charge is 0.123 e. The van der Waals surface area contributed by atoms with Crippen molar-refractivity contribution in [1.82, 2.24) is 10.2 Å². The Balaban J connectivity index is 1.97. The van der Waals surface area contributed by atoms with Gasteiger partial charge in [-0.3, -0.25) is 0 Å². The summed E-state index contributed by atoms with van der Waals surface area (Å²) in [6.07, 6.45) is 1.03. The lowest BCUT2D eigenvalue weighted by Gasteiger charge is -2.27. The number of halogens is 1. The van der Waals surface area contributed by atoms with Crippen LogP contribution >= 0.6 is 15.9 Å². The van der Waals surface area contributed by atoms with Crippen LogP contribution in [0.25, 0.3) is 0 Å². The van der Waals surface area contributed by atoms with Gasteiger partial charge in [0.1, 0.15) is 5.75 Å². The minimum atomic E-state index is 0.981. The first kappa shape index (κ1) is 12.9. The molecule has 17 heavy (non-hydrogen) atoms. The van der Waals surface area contributed by atoms with Gasteiger partial charge in [0.25, 0.3) is 0 Å². The molecule has 0 spiro atoms. The van der Waals surface area contributed by atoms with Crippen molar-refractivity contribution in [2.75, 3.05) is 39.8 Å². The average molecular weight is 299 g/mol. The lowest BCUT2D eigenvalue weighted by atomic mass is 10.1. The second-order valence-corrected chi connectivity index (χ2v) is 5.12. The lowest BCUT2D eigenvalue weighted by molar-refractivity contribution is 0.243. The van der Waals surface area contributed by atoms with Crippen molar-refractivity contribution >= 4 is 15.9 Å². The summed E-state index contributed by atoms with van der Waals surface area (Å²) in [5, 5.41) is 3.37. The molecule has 3 nitrogen and oxygen atoms in total. The number of benzene rings is 1. The molecule has 1 aromatic carbocycles. The van der Waals surface area contributed by atoms with Crippen LogP contribution in [0.3, 0.4) is 0 Å². The summed E-state index contributed by atoms with van der Waals surface area (Å²) in [4.78, 5) is 2.50. The second kappa shape index (κ2) is 6.38. The van der Waals surface area contributed by atoms with Gasteiger partial charge < -0.3 is 15.0 Å². The zero-order chi connectivity index (χ0) is 12.1.